The van der Waals surface area contributed by atoms with Crippen LogP contribution in [0.2, 0.25) is 0 Å². The number of hydrogen-bond acceptors (Lipinski definition) is 8. The summed E-state index contributed by atoms with van der Waals surface area (Å²) < 4.78 is 5.43. The molecule has 0 aliphatic heterocycles. The first-order valence-corrected chi connectivity index (χ1v) is 8.72. The van der Waals surface area contributed by atoms with Crippen molar-refractivity contribution in [3.63, 3.8) is 0 Å². The molecule has 1 amide bonds. The van der Waals surface area contributed by atoms with Crippen LogP contribution < -0.4 is 5.32 Å². The van der Waals surface area contributed by atoms with Gasteiger partial charge in [0.15, 0.2) is 0 Å². The van der Waals surface area contributed by atoms with Gasteiger partial charge in [0.1, 0.15) is 5.75 Å². The fourth-order valence-electron chi connectivity index (χ4n) is 2.24. The normalized spacial score (nSPS) is 10.6. The predicted octanol–water partition coefficient (Wildman–Crippen LogP) is 3.39. The lowest BCUT2D eigenvalue weighted by molar-refractivity contribution is -0.385. The van der Waals surface area contributed by atoms with Crippen LogP contribution in [0, 0.1) is 17.0 Å². The van der Waals surface area contributed by atoms with Crippen molar-refractivity contribution in [1.29, 1.82) is 0 Å². The van der Waals surface area contributed by atoms with Crippen molar-refractivity contribution >= 4 is 29.0 Å². The summed E-state index contributed by atoms with van der Waals surface area (Å²) in [6.45, 7) is 1.62. The maximum Gasteiger partial charge on any atom is 0.277 e. The standard InChI is InChI=1S/C17H14N4O5S/c1-10-6-7-11(8-13(10)21(24)25)18-15(23)9-27-17-20-19-16(26-17)12-4-2-3-5-14(12)22/h2-8,22H,9H2,1H3,(H,18,23). The molecule has 0 aliphatic rings. The summed E-state index contributed by atoms with van der Waals surface area (Å²) >= 11 is 1.01. The van der Waals surface area contributed by atoms with Crippen molar-refractivity contribution in [3.8, 4) is 17.2 Å². The number of benzene rings is 2. The van der Waals surface area contributed by atoms with E-state index in [4.69, 9.17) is 4.42 Å². The third-order valence-electron chi connectivity index (χ3n) is 3.56. The average Bonchev–Trinajstić information content (AvgIpc) is 3.10. The SMILES string of the molecule is Cc1ccc(NC(=O)CSc2nnc(-c3ccccc3O)o2)cc1[N+](=O)[O-]. The molecule has 0 unspecified atom stereocenters. The van der Waals surface area contributed by atoms with Gasteiger partial charge in [-0.2, -0.15) is 0 Å². The number of thioether (sulfide) groups is 1. The molecule has 0 fully saturated rings. The van der Waals surface area contributed by atoms with E-state index >= 15 is 0 Å². The largest absolute Gasteiger partial charge is 0.507 e. The highest BCUT2D eigenvalue weighted by Crippen LogP contribution is 2.29. The van der Waals surface area contributed by atoms with Gasteiger partial charge in [-0.15, -0.1) is 10.2 Å². The maximum atomic E-state index is 12.1. The Labute approximate surface area is 157 Å². The number of phenols is 1. The van der Waals surface area contributed by atoms with Crippen LogP contribution in [-0.4, -0.2) is 31.9 Å². The second kappa shape index (κ2) is 7.87. The number of aromatic hydroxyl groups is 1. The third-order valence-corrected chi connectivity index (χ3v) is 4.38. The Morgan fingerprint density at radius 1 is 1.30 bits per heavy atom. The zero-order chi connectivity index (χ0) is 19.4. The first kappa shape index (κ1) is 18.4. The predicted molar refractivity (Wildman–Crippen MR) is 98.6 cm³/mol. The molecule has 27 heavy (non-hydrogen) atoms. The van der Waals surface area contributed by atoms with Crippen molar-refractivity contribution < 1.29 is 19.2 Å². The first-order chi connectivity index (χ1) is 12.9. The molecule has 1 aromatic heterocycles. The summed E-state index contributed by atoms with van der Waals surface area (Å²) in [6.07, 6.45) is 0. The van der Waals surface area contributed by atoms with Gasteiger partial charge in [-0.1, -0.05) is 30.0 Å². The fraction of sp³-hybridized carbons (Fsp3) is 0.118. The number of rotatable bonds is 6. The summed E-state index contributed by atoms with van der Waals surface area (Å²) in [5, 5.41) is 31.2. The summed E-state index contributed by atoms with van der Waals surface area (Å²) in [6, 6.07) is 11.0. The Morgan fingerprint density at radius 3 is 2.81 bits per heavy atom. The third kappa shape index (κ3) is 4.42. The van der Waals surface area contributed by atoms with E-state index in [9.17, 15) is 20.0 Å². The number of nitro benzene ring substituents is 1. The minimum absolute atomic E-state index is 0.0106. The van der Waals surface area contributed by atoms with Gasteiger partial charge in [-0.3, -0.25) is 14.9 Å². The van der Waals surface area contributed by atoms with Gasteiger partial charge in [0.2, 0.25) is 5.91 Å². The minimum atomic E-state index is -0.501. The number of aromatic nitrogens is 2. The molecule has 0 bridgehead atoms. The van der Waals surface area contributed by atoms with E-state index in [2.05, 4.69) is 15.5 Å². The molecule has 138 valence electrons. The van der Waals surface area contributed by atoms with Crippen LogP contribution in [0.3, 0.4) is 0 Å². The van der Waals surface area contributed by atoms with Crippen LogP contribution in [0.1, 0.15) is 5.56 Å². The number of anilines is 1. The Balaban J connectivity index is 1.61. The molecule has 9 nitrogen and oxygen atoms in total. The molecule has 1 heterocycles. The van der Waals surface area contributed by atoms with E-state index in [1.807, 2.05) is 0 Å². The van der Waals surface area contributed by atoms with Crippen molar-refractivity contribution in [2.75, 3.05) is 11.1 Å². The van der Waals surface area contributed by atoms with E-state index in [0.717, 1.165) is 11.8 Å². The highest BCUT2D eigenvalue weighted by Gasteiger charge is 2.15. The van der Waals surface area contributed by atoms with Crippen molar-refractivity contribution in [1.82, 2.24) is 10.2 Å². The maximum absolute atomic E-state index is 12.1. The van der Waals surface area contributed by atoms with E-state index in [1.54, 1.807) is 37.3 Å². The Bertz CT molecular complexity index is 1000. The molecule has 0 atom stereocenters. The zero-order valence-electron chi connectivity index (χ0n) is 14.1. The van der Waals surface area contributed by atoms with Crippen molar-refractivity contribution in [2.24, 2.45) is 0 Å². The molecule has 0 aliphatic carbocycles. The molecule has 10 heteroatoms. The molecule has 0 radical (unpaired) electrons. The molecule has 2 N–H and O–H groups in total. The number of nitro groups is 1. The molecule has 2 aromatic carbocycles. The summed E-state index contributed by atoms with van der Waals surface area (Å²) in [5.74, 6) is -0.244. The van der Waals surface area contributed by atoms with Crippen LogP contribution in [0.25, 0.3) is 11.5 Å². The minimum Gasteiger partial charge on any atom is -0.507 e. The quantitative estimate of drug-likeness (QED) is 0.374. The van der Waals surface area contributed by atoms with Gasteiger partial charge < -0.3 is 14.8 Å². The lowest BCUT2D eigenvalue weighted by Crippen LogP contribution is -2.14. The van der Waals surface area contributed by atoms with Crippen molar-refractivity contribution in [2.45, 2.75) is 12.1 Å². The number of hydrogen-bond donors (Lipinski definition) is 2. The fourth-order valence-corrected chi connectivity index (χ4v) is 2.80. The number of aryl methyl sites for hydroxylation is 1. The molecular formula is C17H14N4O5S. The van der Waals surface area contributed by atoms with E-state index in [0.29, 0.717) is 16.8 Å². The number of para-hydroxylation sites is 1. The van der Waals surface area contributed by atoms with Gasteiger partial charge in [0, 0.05) is 17.3 Å². The summed E-state index contributed by atoms with van der Waals surface area (Å²) in [4.78, 5) is 22.5. The lowest BCUT2D eigenvalue weighted by Gasteiger charge is -2.05. The molecule has 3 rings (SSSR count). The number of carbonyl (C=O) groups excluding carboxylic acids is 1. The molecule has 0 saturated carbocycles. The topological polar surface area (TPSA) is 131 Å². The Hall–Kier alpha value is -3.40. The van der Waals surface area contributed by atoms with Gasteiger partial charge in [-0.25, -0.2) is 0 Å². The van der Waals surface area contributed by atoms with Crippen LogP contribution in [0.5, 0.6) is 5.75 Å². The average molecular weight is 386 g/mol. The molecule has 0 saturated heterocycles. The summed E-state index contributed by atoms with van der Waals surface area (Å²) in [7, 11) is 0. The molecular weight excluding hydrogens is 372 g/mol. The van der Waals surface area contributed by atoms with Gasteiger partial charge in [-0.05, 0) is 25.1 Å². The van der Waals surface area contributed by atoms with E-state index in [-0.39, 0.29) is 34.2 Å². The molecule has 0 spiro atoms. The lowest BCUT2D eigenvalue weighted by atomic mass is 10.2. The number of amides is 1. The van der Waals surface area contributed by atoms with Crippen LogP contribution in [0.4, 0.5) is 11.4 Å². The zero-order valence-corrected chi connectivity index (χ0v) is 14.9. The number of nitrogens with one attached hydrogen (secondary N) is 1. The number of nitrogens with zero attached hydrogens (tertiary/aromatic N) is 3. The highest BCUT2D eigenvalue weighted by atomic mass is 32.2. The monoisotopic (exact) mass is 386 g/mol. The van der Waals surface area contributed by atoms with Gasteiger partial charge >= 0.3 is 0 Å². The first-order valence-electron chi connectivity index (χ1n) is 7.73. The Morgan fingerprint density at radius 2 is 2.07 bits per heavy atom. The molecule has 3 aromatic rings. The number of phenolic OH excluding ortho intramolecular Hbond substituents is 1. The second-order valence-corrected chi connectivity index (χ2v) is 6.41. The van der Waals surface area contributed by atoms with Crippen molar-refractivity contribution in [3.05, 3.63) is 58.1 Å². The van der Waals surface area contributed by atoms with Crippen LogP contribution in [-0.2, 0) is 4.79 Å². The second-order valence-electron chi connectivity index (χ2n) is 5.49. The Kier molecular flexibility index (Phi) is 5.36. The smallest absolute Gasteiger partial charge is 0.277 e. The number of carbonyl (C=O) groups is 1. The van der Waals surface area contributed by atoms with E-state index in [1.165, 1.54) is 12.1 Å². The summed E-state index contributed by atoms with van der Waals surface area (Å²) in [5.41, 5.74) is 1.17. The van der Waals surface area contributed by atoms with E-state index < -0.39 is 4.92 Å². The van der Waals surface area contributed by atoms with Gasteiger partial charge in [0.05, 0.1) is 16.2 Å². The highest BCUT2D eigenvalue weighted by molar-refractivity contribution is 7.99. The van der Waals surface area contributed by atoms with Crippen LogP contribution >= 0.6 is 11.8 Å². The van der Waals surface area contributed by atoms with Crippen LogP contribution in [0.15, 0.2) is 52.1 Å². The van der Waals surface area contributed by atoms with Gasteiger partial charge in [0.25, 0.3) is 16.8 Å².